The van der Waals surface area contributed by atoms with Gasteiger partial charge < -0.3 is 0 Å². The smallest absolute Gasteiger partial charge is 0.0568 e. The molecule has 2 atom stereocenters. The standard InChI is InChI=1S/C18H23N/c1-12-7-6-8-13(2)17(12)18-14(3)11-19-16-10-5-4-9-15(16)18/h6-8,11,15-16H,4-5,9-10H2,1-3H3/t15-,16+/m0/s1. The van der Waals surface area contributed by atoms with Gasteiger partial charge in [0, 0.05) is 12.1 Å². The molecule has 1 aromatic carbocycles. The van der Waals surface area contributed by atoms with E-state index in [1.165, 1.54) is 47.9 Å². The van der Waals surface area contributed by atoms with Gasteiger partial charge in [0.15, 0.2) is 0 Å². The Hall–Kier alpha value is -1.37. The molecule has 0 amide bonds. The molecule has 1 heteroatoms. The lowest BCUT2D eigenvalue weighted by Crippen LogP contribution is -2.28. The van der Waals surface area contributed by atoms with Crippen molar-refractivity contribution in [1.82, 2.24) is 0 Å². The molecule has 1 fully saturated rings. The van der Waals surface area contributed by atoms with Crippen molar-refractivity contribution in [2.45, 2.75) is 52.5 Å². The van der Waals surface area contributed by atoms with E-state index in [0.29, 0.717) is 12.0 Å². The van der Waals surface area contributed by atoms with Crippen LogP contribution in [-0.4, -0.2) is 12.3 Å². The van der Waals surface area contributed by atoms with Gasteiger partial charge in [-0.05, 0) is 61.4 Å². The average Bonchev–Trinajstić information content (AvgIpc) is 2.41. The van der Waals surface area contributed by atoms with Crippen LogP contribution in [0.3, 0.4) is 0 Å². The van der Waals surface area contributed by atoms with E-state index in [9.17, 15) is 0 Å². The minimum Gasteiger partial charge on any atom is -0.289 e. The highest BCUT2D eigenvalue weighted by Crippen LogP contribution is 2.42. The monoisotopic (exact) mass is 253 g/mol. The molecule has 0 saturated heterocycles. The first-order valence-electron chi connectivity index (χ1n) is 7.49. The number of dihydropyridines is 1. The summed E-state index contributed by atoms with van der Waals surface area (Å²) in [5.74, 6) is 0.651. The fourth-order valence-corrected chi connectivity index (χ4v) is 3.82. The number of nitrogens with zero attached hydrogens (tertiary/aromatic N) is 1. The Morgan fingerprint density at radius 2 is 1.68 bits per heavy atom. The van der Waals surface area contributed by atoms with Crippen LogP contribution in [0.1, 0.15) is 49.3 Å². The first kappa shape index (κ1) is 12.7. The van der Waals surface area contributed by atoms with Crippen LogP contribution in [0.2, 0.25) is 0 Å². The Morgan fingerprint density at radius 1 is 1.00 bits per heavy atom. The third-order valence-electron chi connectivity index (χ3n) is 4.74. The summed E-state index contributed by atoms with van der Waals surface area (Å²) in [4.78, 5) is 4.78. The Morgan fingerprint density at radius 3 is 2.42 bits per heavy atom. The molecule has 0 spiro atoms. The molecule has 100 valence electrons. The Labute approximate surface area is 116 Å². The van der Waals surface area contributed by atoms with Crippen LogP contribution in [0.15, 0.2) is 28.8 Å². The van der Waals surface area contributed by atoms with Gasteiger partial charge in [0.2, 0.25) is 0 Å². The molecule has 0 aromatic heterocycles. The molecular weight excluding hydrogens is 230 g/mol. The lowest BCUT2D eigenvalue weighted by Gasteiger charge is -2.35. The summed E-state index contributed by atoms with van der Waals surface area (Å²) >= 11 is 0. The Kier molecular flexibility index (Phi) is 3.30. The van der Waals surface area contributed by atoms with Crippen LogP contribution in [0.5, 0.6) is 0 Å². The third-order valence-corrected chi connectivity index (χ3v) is 4.74. The number of allylic oxidation sites excluding steroid dienone is 1. The summed E-state index contributed by atoms with van der Waals surface area (Å²) in [5.41, 5.74) is 7.27. The van der Waals surface area contributed by atoms with Crippen LogP contribution in [0, 0.1) is 19.8 Å². The van der Waals surface area contributed by atoms with Gasteiger partial charge >= 0.3 is 0 Å². The minimum atomic E-state index is 0.534. The maximum absolute atomic E-state index is 4.78. The van der Waals surface area contributed by atoms with Gasteiger partial charge in [-0.15, -0.1) is 0 Å². The predicted octanol–water partition coefficient (Wildman–Crippen LogP) is 4.72. The second-order valence-electron chi connectivity index (χ2n) is 6.10. The normalized spacial score (nSPS) is 26.5. The van der Waals surface area contributed by atoms with Crippen molar-refractivity contribution >= 4 is 11.8 Å². The zero-order valence-electron chi connectivity index (χ0n) is 12.2. The first-order valence-corrected chi connectivity index (χ1v) is 7.49. The van der Waals surface area contributed by atoms with Gasteiger partial charge in [0.05, 0.1) is 6.04 Å². The highest BCUT2D eigenvalue weighted by atomic mass is 14.8. The van der Waals surface area contributed by atoms with Gasteiger partial charge in [-0.25, -0.2) is 0 Å². The number of hydrogen-bond donors (Lipinski definition) is 0. The molecular formula is C18H23N. The third kappa shape index (κ3) is 2.16. The molecule has 1 aliphatic heterocycles. The number of hydrogen-bond acceptors (Lipinski definition) is 1. The number of aliphatic imine (C=N–C) groups is 1. The summed E-state index contributed by atoms with van der Waals surface area (Å²) in [6.45, 7) is 6.72. The van der Waals surface area contributed by atoms with Crippen molar-refractivity contribution in [3.05, 3.63) is 40.5 Å². The van der Waals surface area contributed by atoms with Gasteiger partial charge in [0.1, 0.15) is 0 Å². The minimum absolute atomic E-state index is 0.534. The van der Waals surface area contributed by atoms with Gasteiger partial charge in [-0.1, -0.05) is 31.0 Å². The maximum atomic E-state index is 4.78. The largest absolute Gasteiger partial charge is 0.289 e. The fourth-order valence-electron chi connectivity index (χ4n) is 3.82. The zero-order chi connectivity index (χ0) is 13.4. The molecule has 1 saturated carbocycles. The van der Waals surface area contributed by atoms with Crippen molar-refractivity contribution < 1.29 is 0 Å². The topological polar surface area (TPSA) is 12.4 Å². The average molecular weight is 253 g/mol. The summed E-state index contributed by atoms with van der Waals surface area (Å²) in [5, 5.41) is 0. The molecule has 0 N–H and O–H groups in total. The van der Waals surface area contributed by atoms with Crippen molar-refractivity contribution in [1.29, 1.82) is 0 Å². The molecule has 2 aliphatic rings. The number of fused-ring (bicyclic) bond motifs is 1. The first-order chi connectivity index (χ1) is 9.18. The molecule has 1 aromatic rings. The van der Waals surface area contributed by atoms with Crippen molar-refractivity contribution in [3.8, 4) is 0 Å². The lowest BCUT2D eigenvalue weighted by atomic mass is 9.73. The van der Waals surface area contributed by atoms with Crippen LogP contribution >= 0.6 is 0 Å². The van der Waals surface area contributed by atoms with Crippen LogP contribution < -0.4 is 0 Å². The Balaban J connectivity index is 2.13. The molecule has 1 aliphatic carbocycles. The quantitative estimate of drug-likeness (QED) is 0.686. The summed E-state index contributed by atoms with van der Waals surface area (Å²) < 4.78 is 0. The van der Waals surface area contributed by atoms with E-state index in [-0.39, 0.29) is 0 Å². The molecule has 1 heterocycles. The van der Waals surface area contributed by atoms with Gasteiger partial charge in [-0.3, -0.25) is 4.99 Å². The number of aryl methyl sites for hydroxylation is 2. The lowest BCUT2D eigenvalue weighted by molar-refractivity contribution is 0.370. The summed E-state index contributed by atoms with van der Waals surface area (Å²) in [7, 11) is 0. The van der Waals surface area contributed by atoms with Crippen molar-refractivity contribution in [3.63, 3.8) is 0 Å². The van der Waals surface area contributed by atoms with Gasteiger partial charge in [0.25, 0.3) is 0 Å². The molecule has 0 unspecified atom stereocenters. The molecule has 1 nitrogen and oxygen atoms in total. The van der Waals surface area contributed by atoms with E-state index in [1.54, 1.807) is 5.57 Å². The van der Waals surface area contributed by atoms with E-state index >= 15 is 0 Å². The van der Waals surface area contributed by atoms with Crippen LogP contribution in [0.25, 0.3) is 5.57 Å². The summed E-state index contributed by atoms with van der Waals surface area (Å²) in [6.07, 6.45) is 7.40. The predicted molar refractivity (Wildman–Crippen MR) is 82.7 cm³/mol. The molecule has 3 rings (SSSR count). The second-order valence-corrected chi connectivity index (χ2v) is 6.10. The second kappa shape index (κ2) is 4.96. The van der Waals surface area contributed by atoms with Gasteiger partial charge in [-0.2, -0.15) is 0 Å². The zero-order valence-corrected chi connectivity index (χ0v) is 12.2. The Bertz CT molecular complexity index is 531. The molecule has 19 heavy (non-hydrogen) atoms. The van der Waals surface area contributed by atoms with E-state index in [4.69, 9.17) is 4.99 Å². The highest BCUT2D eigenvalue weighted by molar-refractivity contribution is 5.94. The number of benzene rings is 1. The maximum Gasteiger partial charge on any atom is 0.0568 e. The highest BCUT2D eigenvalue weighted by Gasteiger charge is 2.32. The van der Waals surface area contributed by atoms with E-state index in [2.05, 4.69) is 45.2 Å². The summed E-state index contributed by atoms with van der Waals surface area (Å²) in [6, 6.07) is 7.18. The van der Waals surface area contributed by atoms with Crippen molar-refractivity contribution in [2.75, 3.05) is 0 Å². The van der Waals surface area contributed by atoms with Crippen LogP contribution in [0.4, 0.5) is 0 Å². The van der Waals surface area contributed by atoms with E-state index in [1.807, 2.05) is 0 Å². The SMILES string of the molecule is CC1=C(c2c(C)cccc2C)[C@H]2CCCC[C@H]2N=C1. The van der Waals surface area contributed by atoms with Crippen molar-refractivity contribution in [2.24, 2.45) is 10.9 Å². The molecule has 0 radical (unpaired) electrons. The van der Waals surface area contributed by atoms with E-state index in [0.717, 1.165) is 0 Å². The molecule has 0 bridgehead atoms. The van der Waals surface area contributed by atoms with E-state index < -0.39 is 0 Å². The number of rotatable bonds is 1. The fraction of sp³-hybridized carbons (Fsp3) is 0.500. The van der Waals surface area contributed by atoms with Crippen LogP contribution in [-0.2, 0) is 0 Å².